The third kappa shape index (κ3) is 4.08. The van der Waals surface area contributed by atoms with Crippen LogP contribution in [0.1, 0.15) is 43.9 Å². The molecule has 1 aliphatic rings. The number of rotatable bonds is 5. The maximum atomic E-state index is 13.5. The highest BCUT2D eigenvalue weighted by atomic mass is 16.1. The molecule has 0 radical (unpaired) electrons. The number of carbonyl (C=O) groups is 1. The molecule has 3 heterocycles. The van der Waals surface area contributed by atoms with Gasteiger partial charge in [-0.15, -0.1) is 5.10 Å². The quantitative estimate of drug-likeness (QED) is 0.426. The number of pyridine rings is 1. The summed E-state index contributed by atoms with van der Waals surface area (Å²) in [6, 6.07) is 23.2. The predicted octanol–water partition coefficient (Wildman–Crippen LogP) is 5.39. The first-order valence-corrected chi connectivity index (χ1v) is 11.3. The number of fused-ring (bicyclic) bond motifs is 1. The van der Waals surface area contributed by atoms with E-state index >= 15 is 0 Å². The van der Waals surface area contributed by atoms with Crippen molar-refractivity contribution < 1.29 is 4.79 Å². The van der Waals surface area contributed by atoms with Gasteiger partial charge in [0.2, 0.25) is 5.95 Å². The maximum absolute atomic E-state index is 13.5. The summed E-state index contributed by atoms with van der Waals surface area (Å²) in [4.78, 5) is 22.5. The molecule has 4 aromatic rings. The summed E-state index contributed by atoms with van der Waals surface area (Å²) in [6.45, 7) is 6.22. The molecule has 0 fully saturated rings. The van der Waals surface area contributed by atoms with Gasteiger partial charge >= 0.3 is 0 Å². The molecule has 170 valence electrons. The minimum absolute atomic E-state index is 0.232. The minimum atomic E-state index is -0.439. The third-order valence-electron chi connectivity index (χ3n) is 5.95. The Kier molecular flexibility index (Phi) is 5.67. The molecule has 0 saturated heterocycles. The normalized spacial score (nSPS) is 15.1. The van der Waals surface area contributed by atoms with E-state index in [4.69, 9.17) is 10.1 Å². The molecule has 1 unspecified atom stereocenters. The topological polar surface area (TPSA) is 84.7 Å². The number of benzene rings is 2. The molecule has 1 aliphatic heterocycles. The van der Waals surface area contributed by atoms with Crippen LogP contribution in [0.4, 0.5) is 11.8 Å². The van der Waals surface area contributed by atoms with Gasteiger partial charge in [-0.05, 0) is 36.1 Å². The Morgan fingerprint density at radius 3 is 2.41 bits per heavy atom. The van der Waals surface area contributed by atoms with Crippen LogP contribution < -0.4 is 10.6 Å². The van der Waals surface area contributed by atoms with Crippen LogP contribution in [0, 0.1) is 0 Å². The SMILES string of the molecule is CC1=C(C(=O)Nc2ccccn2)C(c2ccc(C(C)C)cc2)n2nc(-c3ccccc3)nc2N1. The summed E-state index contributed by atoms with van der Waals surface area (Å²) >= 11 is 0. The van der Waals surface area contributed by atoms with E-state index in [0.717, 1.165) is 16.8 Å². The number of amides is 1. The molecule has 7 heteroatoms. The summed E-state index contributed by atoms with van der Waals surface area (Å²) < 4.78 is 1.80. The molecule has 0 spiro atoms. The van der Waals surface area contributed by atoms with E-state index in [1.54, 1.807) is 16.9 Å². The van der Waals surface area contributed by atoms with Crippen molar-refractivity contribution in [2.24, 2.45) is 0 Å². The Labute approximate surface area is 198 Å². The summed E-state index contributed by atoms with van der Waals surface area (Å²) in [5, 5.41) is 11.0. The second kappa shape index (κ2) is 8.94. The molecular weight excluding hydrogens is 424 g/mol. The van der Waals surface area contributed by atoms with E-state index in [-0.39, 0.29) is 5.91 Å². The van der Waals surface area contributed by atoms with Crippen molar-refractivity contribution >= 4 is 17.7 Å². The lowest BCUT2D eigenvalue weighted by molar-refractivity contribution is -0.113. The summed E-state index contributed by atoms with van der Waals surface area (Å²) in [5.74, 6) is 1.88. The van der Waals surface area contributed by atoms with E-state index in [0.29, 0.717) is 29.1 Å². The van der Waals surface area contributed by atoms with E-state index in [1.165, 1.54) is 5.56 Å². The molecule has 34 heavy (non-hydrogen) atoms. The fourth-order valence-electron chi connectivity index (χ4n) is 4.15. The average Bonchev–Trinajstić information content (AvgIpc) is 3.28. The maximum Gasteiger partial charge on any atom is 0.257 e. The number of nitrogens with zero attached hydrogens (tertiary/aromatic N) is 4. The van der Waals surface area contributed by atoms with Crippen molar-refractivity contribution in [3.63, 3.8) is 0 Å². The Morgan fingerprint density at radius 1 is 1.00 bits per heavy atom. The number of anilines is 2. The van der Waals surface area contributed by atoms with E-state index < -0.39 is 6.04 Å². The molecule has 5 rings (SSSR count). The molecule has 0 saturated carbocycles. The second-order valence-corrected chi connectivity index (χ2v) is 8.63. The minimum Gasteiger partial charge on any atom is -0.328 e. The first-order valence-electron chi connectivity index (χ1n) is 11.3. The second-order valence-electron chi connectivity index (χ2n) is 8.63. The molecule has 2 N–H and O–H groups in total. The number of nitrogens with one attached hydrogen (secondary N) is 2. The molecule has 2 aromatic heterocycles. The van der Waals surface area contributed by atoms with Gasteiger partial charge in [0, 0.05) is 17.5 Å². The van der Waals surface area contributed by atoms with Gasteiger partial charge in [-0.25, -0.2) is 9.67 Å². The van der Waals surface area contributed by atoms with Gasteiger partial charge in [0.1, 0.15) is 11.9 Å². The Bertz CT molecular complexity index is 1340. The predicted molar refractivity (Wildman–Crippen MR) is 133 cm³/mol. The highest BCUT2D eigenvalue weighted by Gasteiger charge is 2.34. The first-order chi connectivity index (χ1) is 16.5. The van der Waals surface area contributed by atoms with Gasteiger partial charge in [0.05, 0.1) is 5.57 Å². The Balaban J connectivity index is 1.60. The highest BCUT2D eigenvalue weighted by molar-refractivity contribution is 6.05. The monoisotopic (exact) mass is 450 g/mol. The number of aromatic nitrogens is 4. The molecule has 2 aromatic carbocycles. The molecule has 7 nitrogen and oxygen atoms in total. The van der Waals surface area contributed by atoms with Gasteiger partial charge in [0.25, 0.3) is 5.91 Å². The molecule has 1 amide bonds. The van der Waals surface area contributed by atoms with Gasteiger partial charge < -0.3 is 10.6 Å². The number of hydrogen-bond acceptors (Lipinski definition) is 5. The number of allylic oxidation sites excluding steroid dienone is 1. The largest absolute Gasteiger partial charge is 0.328 e. The lowest BCUT2D eigenvalue weighted by Gasteiger charge is -2.28. The molecule has 0 bridgehead atoms. The fourth-order valence-corrected chi connectivity index (χ4v) is 4.15. The summed E-state index contributed by atoms with van der Waals surface area (Å²) in [6.07, 6.45) is 1.65. The van der Waals surface area contributed by atoms with Gasteiger partial charge in [-0.1, -0.05) is 74.5 Å². The van der Waals surface area contributed by atoms with Crippen LogP contribution in [0.3, 0.4) is 0 Å². The van der Waals surface area contributed by atoms with E-state index in [1.807, 2.05) is 49.4 Å². The molecular formula is C27H26N6O. The van der Waals surface area contributed by atoms with Crippen LogP contribution in [0.5, 0.6) is 0 Å². The van der Waals surface area contributed by atoms with Crippen molar-refractivity contribution in [3.8, 4) is 11.4 Å². The third-order valence-corrected chi connectivity index (χ3v) is 5.95. The standard InChI is InChI=1S/C27H26N6O/c1-17(2)19-12-14-20(15-13-19)24-23(26(34)30-22-11-7-8-16-28-22)18(3)29-27-31-25(32-33(24)27)21-9-5-4-6-10-21/h4-17,24H,1-3H3,(H,28,30,34)(H,29,31,32). The zero-order chi connectivity index (χ0) is 23.7. The van der Waals surface area contributed by atoms with Crippen molar-refractivity contribution in [3.05, 3.63) is 101 Å². The van der Waals surface area contributed by atoms with Crippen molar-refractivity contribution in [1.82, 2.24) is 19.7 Å². The van der Waals surface area contributed by atoms with Gasteiger partial charge in [-0.2, -0.15) is 4.98 Å². The van der Waals surface area contributed by atoms with E-state index in [2.05, 4.69) is 53.7 Å². The fraction of sp³-hybridized carbons (Fsp3) is 0.185. The highest BCUT2D eigenvalue weighted by Crippen LogP contribution is 2.37. The smallest absolute Gasteiger partial charge is 0.257 e. The molecule has 1 atom stereocenters. The van der Waals surface area contributed by atoms with Crippen molar-refractivity contribution in [1.29, 1.82) is 0 Å². The summed E-state index contributed by atoms with van der Waals surface area (Å²) in [7, 11) is 0. The van der Waals surface area contributed by atoms with Crippen LogP contribution in [0.25, 0.3) is 11.4 Å². The lowest BCUT2D eigenvalue weighted by Crippen LogP contribution is -2.31. The van der Waals surface area contributed by atoms with Gasteiger partial charge in [-0.3, -0.25) is 4.79 Å². The van der Waals surface area contributed by atoms with Crippen LogP contribution in [-0.4, -0.2) is 25.7 Å². The summed E-state index contributed by atoms with van der Waals surface area (Å²) in [5.41, 5.74) is 4.41. The number of carbonyl (C=O) groups excluding carboxylic acids is 1. The Morgan fingerprint density at radius 2 is 1.74 bits per heavy atom. The number of hydrogen-bond donors (Lipinski definition) is 2. The van der Waals surface area contributed by atoms with Crippen LogP contribution in [-0.2, 0) is 4.79 Å². The van der Waals surface area contributed by atoms with Crippen molar-refractivity contribution in [2.45, 2.75) is 32.7 Å². The molecule has 0 aliphatic carbocycles. The van der Waals surface area contributed by atoms with Crippen LogP contribution in [0.15, 0.2) is 90.3 Å². The average molecular weight is 451 g/mol. The van der Waals surface area contributed by atoms with Crippen LogP contribution >= 0.6 is 0 Å². The Hall–Kier alpha value is -4.26. The van der Waals surface area contributed by atoms with Crippen molar-refractivity contribution in [2.75, 3.05) is 10.6 Å². The van der Waals surface area contributed by atoms with Crippen LogP contribution in [0.2, 0.25) is 0 Å². The van der Waals surface area contributed by atoms with Gasteiger partial charge in [0.15, 0.2) is 5.82 Å². The van der Waals surface area contributed by atoms with E-state index in [9.17, 15) is 4.79 Å². The first kappa shape index (κ1) is 21.6. The zero-order valence-corrected chi connectivity index (χ0v) is 19.4. The zero-order valence-electron chi connectivity index (χ0n) is 19.4. The lowest BCUT2D eigenvalue weighted by atomic mass is 9.93.